The number of nitrogens with zero attached hydrogens (tertiary/aromatic N) is 3. The molecule has 0 saturated carbocycles. The first-order valence-corrected chi connectivity index (χ1v) is 12.8. The van der Waals surface area contributed by atoms with Gasteiger partial charge in [-0.15, -0.1) is 0 Å². The molecule has 0 atom stereocenters. The predicted octanol–water partition coefficient (Wildman–Crippen LogP) is 6.66. The minimum atomic E-state index is -0.454. The molecule has 5 rings (SSSR count). The summed E-state index contributed by atoms with van der Waals surface area (Å²) in [5.41, 5.74) is 7.47. The molecule has 0 bridgehead atoms. The van der Waals surface area contributed by atoms with E-state index in [9.17, 15) is 9.59 Å². The van der Waals surface area contributed by atoms with E-state index in [2.05, 4.69) is 5.32 Å². The van der Waals surface area contributed by atoms with E-state index in [1.54, 1.807) is 28.9 Å². The topological polar surface area (TPSA) is 89.6 Å². The monoisotopic (exact) mass is 534 g/mol. The van der Waals surface area contributed by atoms with Gasteiger partial charge in [-0.1, -0.05) is 36.4 Å². The highest BCUT2D eigenvalue weighted by Gasteiger charge is 2.25. The number of furan rings is 1. The summed E-state index contributed by atoms with van der Waals surface area (Å²) in [5, 5.41) is 7.84. The molecule has 0 spiro atoms. The van der Waals surface area contributed by atoms with Crippen LogP contribution in [-0.2, 0) is 4.79 Å². The number of carbonyl (C=O) groups is 2. The fraction of sp³-hybridized carbons (Fsp3) is 0.156. The van der Waals surface area contributed by atoms with Crippen molar-refractivity contribution in [2.24, 2.45) is 0 Å². The number of ether oxygens (including phenoxy) is 1. The Balaban J connectivity index is 1.67. The molecule has 0 saturated heterocycles. The average Bonchev–Trinajstić information content (AvgIpc) is 3.59. The Morgan fingerprint density at radius 2 is 1.62 bits per heavy atom. The van der Waals surface area contributed by atoms with Gasteiger partial charge in [-0.3, -0.25) is 9.59 Å². The van der Waals surface area contributed by atoms with Crippen LogP contribution in [0.15, 0.2) is 89.5 Å². The molecule has 0 aliphatic carbocycles. The zero-order valence-corrected chi connectivity index (χ0v) is 23.1. The van der Waals surface area contributed by atoms with Crippen LogP contribution >= 0.6 is 0 Å². The largest absolute Gasteiger partial charge is 0.459 e. The number of rotatable bonds is 7. The van der Waals surface area contributed by atoms with Gasteiger partial charge in [0.15, 0.2) is 5.76 Å². The van der Waals surface area contributed by atoms with E-state index in [-0.39, 0.29) is 11.7 Å². The average molecular weight is 535 g/mol. The van der Waals surface area contributed by atoms with Gasteiger partial charge in [0.2, 0.25) is 5.88 Å². The lowest BCUT2D eigenvalue weighted by Crippen LogP contribution is -2.10. The Kier molecular flexibility index (Phi) is 7.25. The van der Waals surface area contributed by atoms with Crippen LogP contribution in [0, 0.1) is 13.8 Å². The molecular weight excluding hydrogens is 504 g/mol. The van der Waals surface area contributed by atoms with Crippen LogP contribution in [0.3, 0.4) is 0 Å². The normalized spacial score (nSPS) is 10.8. The predicted molar refractivity (Wildman–Crippen MR) is 156 cm³/mol. The molecule has 3 aromatic carbocycles. The lowest BCUT2D eigenvalue weighted by molar-refractivity contribution is -0.132. The summed E-state index contributed by atoms with van der Waals surface area (Å²) >= 11 is 0. The third-order valence-corrected chi connectivity index (χ3v) is 6.51. The second-order valence-electron chi connectivity index (χ2n) is 9.77. The minimum absolute atomic E-state index is 0.222. The molecule has 0 fully saturated rings. The van der Waals surface area contributed by atoms with Crippen LogP contribution in [0.2, 0.25) is 0 Å². The Hall–Kier alpha value is -5.11. The highest BCUT2D eigenvalue weighted by molar-refractivity contribution is 6.02. The third kappa shape index (κ3) is 5.37. The molecule has 5 aromatic rings. The summed E-state index contributed by atoms with van der Waals surface area (Å²) < 4.78 is 12.7. The first-order valence-electron chi connectivity index (χ1n) is 12.8. The zero-order valence-electron chi connectivity index (χ0n) is 23.1. The van der Waals surface area contributed by atoms with Gasteiger partial charge < -0.3 is 19.4 Å². The maximum absolute atomic E-state index is 12.5. The van der Waals surface area contributed by atoms with Crippen molar-refractivity contribution in [1.29, 1.82) is 0 Å². The van der Waals surface area contributed by atoms with Crippen molar-refractivity contribution in [1.82, 2.24) is 9.78 Å². The Bertz CT molecular complexity index is 1670. The number of esters is 1. The molecule has 2 heterocycles. The van der Waals surface area contributed by atoms with Gasteiger partial charge in [0.25, 0.3) is 5.91 Å². The fourth-order valence-electron chi connectivity index (χ4n) is 4.44. The van der Waals surface area contributed by atoms with Gasteiger partial charge in [0.05, 0.1) is 17.5 Å². The molecule has 40 heavy (non-hydrogen) atoms. The molecule has 202 valence electrons. The lowest BCUT2D eigenvalue weighted by atomic mass is 10.0. The number of nitrogens with one attached hydrogen (secondary N) is 1. The molecule has 1 amide bonds. The van der Waals surface area contributed by atoms with Crippen molar-refractivity contribution in [3.05, 3.63) is 102 Å². The van der Waals surface area contributed by atoms with Crippen LogP contribution in [-0.4, -0.2) is 35.8 Å². The summed E-state index contributed by atoms with van der Waals surface area (Å²) in [7, 11) is 3.97. The second-order valence-corrected chi connectivity index (χ2v) is 9.77. The van der Waals surface area contributed by atoms with Crippen molar-refractivity contribution < 1.29 is 18.7 Å². The van der Waals surface area contributed by atoms with E-state index in [4.69, 9.17) is 14.3 Å². The lowest BCUT2D eigenvalue weighted by Gasteiger charge is -2.13. The first-order chi connectivity index (χ1) is 19.2. The quantitative estimate of drug-likeness (QED) is 0.235. The van der Waals surface area contributed by atoms with Gasteiger partial charge in [-0.2, -0.15) is 9.78 Å². The van der Waals surface area contributed by atoms with Crippen molar-refractivity contribution in [2.75, 3.05) is 24.3 Å². The third-order valence-electron chi connectivity index (χ3n) is 6.51. The Labute approximate surface area is 232 Å². The second kappa shape index (κ2) is 10.9. The fourth-order valence-corrected chi connectivity index (χ4v) is 4.44. The van der Waals surface area contributed by atoms with E-state index in [0.717, 1.165) is 33.6 Å². The number of anilines is 2. The number of benzene rings is 3. The number of hydrogen-bond donors (Lipinski definition) is 1. The van der Waals surface area contributed by atoms with Gasteiger partial charge in [0.1, 0.15) is 5.69 Å². The summed E-state index contributed by atoms with van der Waals surface area (Å²) in [6, 6.07) is 24.7. The number of carbonyl (C=O) groups excluding carboxylic acids is 2. The summed E-state index contributed by atoms with van der Waals surface area (Å²) in [5.74, 6) is -0.257. The van der Waals surface area contributed by atoms with Crippen LogP contribution in [0.25, 0.3) is 28.1 Å². The molecule has 8 nitrogen and oxygen atoms in total. The Morgan fingerprint density at radius 3 is 2.25 bits per heavy atom. The van der Waals surface area contributed by atoms with E-state index in [1.165, 1.54) is 13.2 Å². The van der Waals surface area contributed by atoms with Crippen molar-refractivity contribution in [3.63, 3.8) is 0 Å². The summed E-state index contributed by atoms with van der Waals surface area (Å²) in [6.45, 7) is 5.38. The van der Waals surface area contributed by atoms with E-state index >= 15 is 0 Å². The van der Waals surface area contributed by atoms with E-state index in [1.807, 2.05) is 87.4 Å². The van der Waals surface area contributed by atoms with Gasteiger partial charge in [-0.25, -0.2) is 0 Å². The highest BCUT2D eigenvalue weighted by atomic mass is 16.5. The Morgan fingerprint density at radius 1 is 0.925 bits per heavy atom. The SMILES string of the molecule is CC(=O)Oc1c(-c2ccc(NC(=O)c3ccco3)cc2)c(-c2ccc(N(C)C)cc2)nn1-c1cc(C)ccc1C. The molecular formula is C32H30N4O4. The van der Waals surface area contributed by atoms with Crippen molar-refractivity contribution in [2.45, 2.75) is 20.8 Å². The molecule has 2 aromatic heterocycles. The van der Waals surface area contributed by atoms with Crippen molar-refractivity contribution >= 4 is 23.3 Å². The van der Waals surface area contributed by atoms with Gasteiger partial charge in [-0.05, 0) is 73.0 Å². The van der Waals surface area contributed by atoms with E-state index < -0.39 is 5.97 Å². The minimum Gasteiger partial charge on any atom is -0.459 e. The molecule has 0 aliphatic rings. The number of hydrogen-bond acceptors (Lipinski definition) is 6. The molecule has 8 heteroatoms. The van der Waals surface area contributed by atoms with Crippen LogP contribution in [0.1, 0.15) is 28.6 Å². The van der Waals surface area contributed by atoms with Gasteiger partial charge in [0, 0.05) is 38.0 Å². The van der Waals surface area contributed by atoms with E-state index in [0.29, 0.717) is 22.8 Å². The number of aryl methyl sites for hydroxylation is 2. The summed E-state index contributed by atoms with van der Waals surface area (Å²) in [4.78, 5) is 26.8. The molecule has 0 radical (unpaired) electrons. The smallest absolute Gasteiger partial charge is 0.309 e. The first kappa shape index (κ1) is 26.5. The summed E-state index contributed by atoms with van der Waals surface area (Å²) in [6.07, 6.45) is 1.45. The van der Waals surface area contributed by atoms with Crippen LogP contribution in [0.4, 0.5) is 11.4 Å². The molecule has 0 aliphatic heterocycles. The standard InChI is InChI=1S/C32H30N4O4/c1-20-8-9-21(2)27(19-20)36-32(40-22(3)37)29(30(34-36)24-12-16-26(17-13-24)35(4)5)23-10-14-25(15-11-23)33-31(38)28-7-6-18-39-28/h6-19H,1-5H3,(H,33,38). The number of aromatic nitrogens is 2. The van der Waals surface area contributed by atoms with Crippen LogP contribution in [0.5, 0.6) is 5.88 Å². The highest BCUT2D eigenvalue weighted by Crippen LogP contribution is 2.42. The van der Waals surface area contributed by atoms with Crippen molar-refractivity contribution in [3.8, 4) is 34.0 Å². The number of amides is 1. The maximum atomic E-state index is 12.5. The maximum Gasteiger partial charge on any atom is 0.309 e. The molecule has 1 N–H and O–H groups in total. The zero-order chi connectivity index (χ0) is 28.4. The van der Waals surface area contributed by atoms with Gasteiger partial charge >= 0.3 is 5.97 Å². The molecule has 0 unspecified atom stereocenters. The van der Waals surface area contributed by atoms with Crippen LogP contribution < -0.4 is 15.0 Å².